The number of hydrogen-bond acceptors (Lipinski definition) is 3. The molecular formula is C100H166BN3. The highest BCUT2D eigenvalue weighted by atomic mass is 15.3. The highest BCUT2D eigenvalue weighted by Gasteiger charge is 2.71. The first-order chi connectivity index (χ1) is 50.9. The summed E-state index contributed by atoms with van der Waals surface area (Å²) in [6, 6.07) is 7.62. The fraction of sp³-hybridized carbons (Fsp3) is 1.00. The molecule has 27 unspecified atom stereocenters. The average molecular weight is 1420 g/mol. The van der Waals surface area contributed by atoms with Gasteiger partial charge in [-0.05, 0) is 286 Å². The van der Waals surface area contributed by atoms with Gasteiger partial charge in [-0.1, -0.05) is 286 Å². The van der Waals surface area contributed by atoms with Crippen LogP contribution in [0.3, 0.4) is 0 Å². The SMILES string of the molecule is CC(C)(C)C1CC(C2CCCCC2)C(N2C3CCC(C4CCCCC4)CC3B3C4CCC(C5CC6CCCC7C8CCCC9CCCC(C(C5)C67)C98)CC4N(C4C(C5CCCCC5)CC(C(C)(C)C)CC4C4CCCCC4)C4CC(N5C6CCCCC6C6CCCCC65)CC2C34)C(C2CCCCC2)C1. The summed E-state index contributed by atoms with van der Waals surface area (Å²) in [6.07, 6.45) is 88.8. The van der Waals surface area contributed by atoms with Crippen molar-refractivity contribution < 1.29 is 0 Å². The first-order valence-corrected chi connectivity index (χ1v) is 50.2. The van der Waals surface area contributed by atoms with E-state index < -0.39 is 0 Å². The fourth-order valence-corrected chi connectivity index (χ4v) is 38.1. The minimum Gasteiger partial charge on any atom is -0.295 e. The van der Waals surface area contributed by atoms with Gasteiger partial charge in [0.1, 0.15) is 0 Å². The molecule has 0 spiro atoms. The Labute approximate surface area is 643 Å². The normalized spacial score (nSPS) is 50.7. The summed E-state index contributed by atoms with van der Waals surface area (Å²) in [4.78, 5) is 11.8. The van der Waals surface area contributed by atoms with Crippen LogP contribution in [-0.2, 0) is 0 Å². The van der Waals surface area contributed by atoms with E-state index >= 15 is 0 Å². The molecule has 0 aromatic rings. The van der Waals surface area contributed by atoms with Gasteiger partial charge in [0.05, 0.1) is 0 Å². The molecular weight excluding hydrogens is 1250 g/mol. The van der Waals surface area contributed by atoms with Crippen LogP contribution in [0, 0.1) is 153 Å². The standard InChI is InChI=1S/C100H166BN3/c1-99(2,3)73-57-81(64-31-14-8-15-32-64)97(82(58-73)65-33-16-9-17-34-65)103-90-52-50-69(63-29-12-7-13-30-63)55-87(90)101-86-51-49-70(72-53-71-41-28-45-79-78-44-26-39-68-40-27-46-80(94(68)78)85(54-72)95(71)79)56-91(86)104(93-62-75(61-92(103)96(93)101)102-88-47-24-22-42-76(88)77-43-23-25-48-89(77)102)98-83(66-35-18-10-19-36-66)59-74(100(4,5)6)60-84(98)67-37-20-11-21-38-67/h63-98H,7-62H2,1-6H3. The van der Waals surface area contributed by atoms with Crippen molar-refractivity contribution in [3.05, 3.63) is 0 Å². The quantitative estimate of drug-likeness (QED) is 0.213. The monoisotopic (exact) mass is 1420 g/mol. The second-order valence-electron chi connectivity index (χ2n) is 47.4. The zero-order chi connectivity index (χ0) is 69.7. The third kappa shape index (κ3) is 13.1. The minimum atomic E-state index is 0.399. The van der Waals surface area contributed by atoms with Crippen LogP contribution in [0.1, 0.15) is 401 Å². The van der Waals surface area contributed by atoms with Gasteiger partial charge in [0.2, 0.25) is 0 Å². The summed E-state index contributed by atoms with van der Waals surface area (Å²) in [5.41, 5.74) is 0.804. The molecule has 27 atom stereocenters. The predicted molar refractivity (Wildman–Crippen MR) is 438 cm³/mol. The molecule has 3 aliphatic heterocycles. The molecule has 0 aromatic carbocycles. The maximum atomic E-state index is 4.08. The predicted octanol–water partition coefficient (Wildman–Crippen LogP) is 26.8. The largest absolute Gasteiger partial charge is 0.295 e. The molecule has 0 radical (unpaired) electrons. The molecule has 17 aliphatic carbocycles. The topological polar surface area (TPSA) is 9.72 Å². The number of likely N-dealkylation sites (tertiary alicyclic amines) is 1. The fourth-order valence-electron chi connectivity index (χ4n) is 38.1. The molecule has 0 aromatic heterocycles. The van der Waals surface area contributed by atoms with Gasteiger partial charge < -0.3 is 0 Å². The molecule has 20 aliphatic rings. The molecule has 0 bridgehead atoms. The first kappa shape index (κ1) is 72.9. The van der Waals surface area contributed by atoms with Crippen molar-refractivity contribution in [3.63, 3.8) is 0 Å². The van der Waals surface area contributed by atoms with Crippen molar-refractivity contribution in [1.29, 1.82) is 0 Å². The second kappa shape index (κ2) is 30.3. The third-order valence-corrected chi connectivity index (χ3v) is 41.8. The van der Waals surface area contributed by atoms with Gasteiger partial charge in [0.15, 0.2) is 6.71 Å². The lowest BCUT2D eigenvalue weighted by Gasteiger charge is -2.73. The highest BCUT2D eigenvalue weighted by molar-refractivity contribution is 6.65. The first-order valence-electron chi connectivity index (χ1n) is 50.2. The number of fused-ring (bicyclic) bond motifs is 9. The van der Waals surface area contributed by atoms with Crippen LogP contribution in [0.2, 0.25) is 17.5 Å². The van der Waals surface area contributed by atoms with E-state index in [1.807, 2.05) is 0 Å². The Morgan fingerprint density at radius 1 is 0.212 bits per heavy atom. The van der Waals surface area contributed by atoms with Crippen molar-refractivity contribution >= 4 is 6.71 Å². The van der Waals surface area contributed by atoms with Crippen LogP contribution >= 0.6 is 0 Å². The van der Waals surface area contributed by atoms with E-state index in [1.165, 1.54) is 44.9 Å². The van der Waals surface area contributed by atoms with Crippen molar-refractivity contribution in [1.82, 2.24) is 14.7 Å². The molecule has 3 saturated heterocycles. The maximum Gasteiger partial charge on any atom is 0.156 e. The Kier molecular flexibility index (Phi) is 21.2. The molecule has 0 amide bonds. The summed E-state index contributed by atoms with van der Waals surface area (Å²) in [5.74, 6) is 27.1. The van der Waals surface area contributed by atoms with Crippen molar-refractivity contribution in [2.75, 3.05) is 0 Å². The minimum absolute atomic E-state index is 0.399. The molecule has 20 fully saturated rings. The van der Waals surface area contributed by atoms with E-state index in [2.05, 4.69) is 56.2 Å². The lowest BCUT2D eigenvalue weighted by atomic mass is 9.18. The highest BCUT2D eigenvalue weighted by Crippen LogP contribution is 2.72. The van der Waals surface area contributed by atoms with Crippen LogP contribution in [0.5, 0.6) is 0 Å². The molecule has 4 heteroatoms. The molecule has 3 heterocycles. The van der Waals surface area contributed by atoms with Crippen LogP contribution in [0.25, 0.3) is 0 Å². The number of nitrogens with zero attached hydrogens (tertiary/aromatic N) is 3. The van der Waals surface area contributed by atoms with Gasteiger partial charge in [-0.15, -0.1) is 0 Å². The number of hydrogen-bond donors (Lipinski definition) is 0. The van der Waals surface area contributed by atoms with Crippen molar-refractivity contribution in [2.24, 2.45) is 153 Å². The van der Waals surface area contributed by atoms with Gasteiger partial charge in [0.25, 0.3) is 0 Å². The summed E-state index contributed by atoms with van der Waals surface area (Å²) in [5, 5.41) is 0. The lowest BCUT2D eigenvalue weighted by molar-refractivity contribution is -0.157. The second-order valence-corrected chi connectivity index (χ2v) is 47.4. The van der Waals surface area contributed by atoms with Crippen LogP contribution < -0.4 is 0 Å². The van der Waals surface area contributed by atoms with Crippen LogP contribution in [-0.4, -0.2) is 75.8 Å². The Morgan fingerprint density at radius 3 is 1.08 bits per heavy atom. The Morgan fingerprint density at radius 2 is 0.596 bits per heavy atom. The summed E-state index contributed by atoms with van der Waals surface area (Å²) < 4.78 is 0. The molecule has 17 saturated carbocycles. The smallest absolute Gasteiger partial charge is 0.156 e. The molecule has 0 N–H and O–H groups in total. The van der Waals surface area contributed by atoms with Gasteiger partial charge in [-0.3, -0.25) is 14.7 Å². The van der Waals surface area contributed by atoms with Crippen molar-refractivity contribution in [3.8, 4) is 0 Å². The third-order valence-electron chi connectivity index (χ3n) is 41.8. The Balaban J connectivity index is 0.781. The molecule has 3 nitrogen and oxygen atoms in total. The van der Waals surface area contributed by atoms with E-state index in [9.17, 15) is 0 Å². The van der Waals surface area contributed by atoms with Gasteiger partial charge in [0, 0.05) is 54.4 Å². The number of rotatable bonds is 9. The zero-order valence-electron chi connectivity index (χ0n) is 69.3. The molecule has 20 rings (SSSR count). The average Bonchev–Trinajstić information content (AvgIpc) is 0.825. The molecule has 104 heavy (non-hydrogen) atoms. The van der Waals surface area contributed by atoms with Gasteiger partial charge in [-0.25, -0.2) is 0 Å². The van der Waals surface area contributed by atoms with Gasteiger partial charge in [-0.2, -0.15) is 0 Å². The van der Waals surface area contributed by atoms with E-state index in [1.54, 1.807) is 315 Å². The molecule has 584 valence electrons. The van der Waals surface area contributed by atoms with E-state index in [0.717, 1.165) is 221 Å². The van der Waals surface area contributed by atoms with E-state index in [0.29, 0.717) is 10.8 Å². The Hall–Kier alpha value is -0.0551. The summed E-state index contributed by atoms with van der Waals surface area (Å²) >= 11 is 0. The summed E-state index contributed by atoms with van der Waals surface area (Å²) in [7, 11) is 0. The lowest BCUT2D eigenvalue weighted by Crippen LogP contribution is -2.78. The zero-order valence-corrected chi connectivity index (χ0v) is 69.3. The van der Waals surface area contributed by atoms with Gasteiger partial charge >= 0.3 is 0 Å². The Bertz CT molecular complexity index is 2740. The maximum absolute atomic E-state index is 4.08. The van der Waals surface area contributed by atoms with E-state index in [-0.39, 0.29) is 0 Å². The van der Waals surface area contributed by atoms with Crippen LogP contribution in [0.4, 0.5) is 0 Å². The summed E-state index contributed by atoms with van der Waals surface area (Å²) in [6.45, 7) is 17.7. The van der Waals surface area contributed by atoms with E-state index in [4.69, 9.17) is 0 Å². The van der Waals surface area contributed by atoms with Crippen LogP contribution in [0.15, 0.2) is 0 Å². The van der Waals surface area contributed by atoms with Crippen molar-refractivity contribution in [2.45, 2.75) is 473 Å².